The molecule has 0 aromatic heterocycles. The number of fused-ring (bicyclic) bond motifs is 1. The molecule has 1 atom stereocenters. The van der Waals surface area contributed by atoms with Crippen LogP contribution in [0.25, 0.3) is 0 Å². The summed E-state index contributed by atoms with van der Waals surface area (Å²) in [5.41, 5.74) is 11.4. The summed E-state index contributed by atoms with van der Waals surface area (Å²) >= 11 is 3.58. The molecule has 0 saturated heterocycles. The van der Waals surface area contributed by atoms with Crippen molar-refractivity contribution in [3.05, 3.63) is 63.1 Å². The first kappa shape index (κ1) is 14.6. The molecule has 0 saturated carbocycles. The minimum atomic E-state index is 0.107. The van der Waals surface area contributed by atoms with E-state index in [9.17, 15) is 0 Å². The lowest BCUT2D eigenvalue weighted by molar-refractivity contribution is 0.352. The van der Waals surface area contributed by atoms with E-state index in [1.807, 2.05) is 0 Å². The van der Waals surface area contributed by atoms with Crippen LogP contribution in [-0.2, 0) is 19.3 Å². The molecule has 1 aliphatic rings. The first-order valence-electron chi connectivity index (χ1n) is 7.37. The normalized spacial score (nSPS) is 14.6. The molecular weight excluding hydrogens is 326 g/mol. The molecule has 2 aromatic carbocycles. The van der Waals surface area contributed by atoms with Gasteiger partial charge in [0.2, 0.25) is 0 Å². The van der Waals surface area contributed by atoms with Crippen molar-refractivity contribution in [2.75, 3.05) is 6.61 Å². The van der Waals surface area contributed by atoms with Crippen LogP contribution in [0.15, 0.2) is 40.9 Å². The lowest BCUT2D eigenvalue weighted by atomic mass is 9.97. The Morgan fingerprint density at radius 2 is 1.95 bits per heavy atom. The van der Waals surface area contributed by atoms with Gasteiger partial charge in [-0.25, -0.2) is 0 Å². The Hall–Kier alpha value is -1.32. The van der Waals surface area contributed by atoms with Crippen LogP contribution in [0.5, 0.6) is 5.75 Å². The highest BCUT2D eigenvalue weighted by Gasteiger charge is 2.19. The Labute approximate surface area is 134 Å². The van der Waals surface area contributed by atoms with E-state index in [0.717, 1.165) is 36.1 Å². The number of hydrogen-bond donors (Lipinski definition) is 1. The average Bonchev–Trinajstić information content (AvgIpc) is 2.89. The molecule has 0 radical (unpaired) electrons. The van der Waals surface area contributed by atoms with Crippen molar-refractivity contribution >= 4 is 15.9 Å². The lowest BCUT2D eigenvalue weighted by Crippen LogP contribution is -2.25. The monoisotopic (exact) mass is 345 g/mol. The zero-order valence-corrected chi connectivity index (χ0v) is 13.8. The molecular formula is C18H20BrNO. The summed E-state index contributed by atoms with van der Waals surface area (Å²) in [4.78, 5) is 0. The SMILES string of the molecule is Cc1ccc(CC(N)Cc2cc(Br)cc3c2OCC3)cc1. The Morgan fingerprint density at radius 3 is 2.71 bits per heavy atom. The zero-order valence-electron chi connectivity index (χ0n) is 12.2. The van der Waals surface area contributed by atoms with Gasteiger partial charge in [-0.15, -0.1) is 0 Å². The Kier molecular flexibility index (Phi) is 4.32. The van der Waals surface area contributed by atoms with Gasteiger partial charge in [0.1, 0.15) is 5.75 Å². The van der Waals surface area contributed by atoms with Crippen molar-refractivity contribution in [3.8, 4) is 5.75 Å². The van der Waals surface area contributed by atoms with Gasteiger partial charge < -0.3 is 10.5 Å². The Balaban J connectivity index is 1.73. The third-order valence-electron chi connectivity index (χ3n) is 3.93. The second-order valence-corrected chi connectivity index (χ2v) is 6.72. The predicted molar refractivity (Wildman–Crippen MR) is 89.9 cm³/mol. The van der Waals surface area contributed by atoms with E-state index >= 15 is 0 Å². The van der Waals surface area contributed by atoms with Gasteiger partial charge in [-0.1, -0.05) is 45.8 Å². The minimum Gasteiger partial charge on any atom is -0.493 e. The second kappa shape index (κ2) is 6.20. The third kappa shape index (κ3) is 3.47. The van der Waals surface area contributed by atoms with Crippen molar-refractivity contribution in [3.63, 3.8) is 0 Å². The van der Waals surface area contributed by atoms with Gasteiger partial charge in [0.15, 0.2) is 0 Å². The highest BCUT2D eigenvalue weighted by molar-refractivity contribution is 9.10. The van der Waals surface area contributed by atoms with E-state index in [2.05, 4.69) is 59.3 Å². The highest BCUT2D eigenvalue weighted by atomic mass is 79.9. The Bertz CT molecular complexity index is 636. The molecule has 3 heteroatoms. The van der Waals surface area contributed by atoms with Crippen molar-refractivity contribution < 1.29 is 4.74 Å². The first-order valence-corrected chi connectivity index (χ1v) is 8.16. The molecule has 0 aliphatic carbocycles. The minimum absolute atomic E-state index is 0.107. The number of halogens is 1. The summed E-state index contributed by atoms with van der Waals surface area (Å²) < 4.78 is 6.89. The summed E-state index contributed by atoms with van der Waals surface area (Å²) in [6.07, 6.45) is 2.73. The van der Waals surface area contributed by atoms with E-state index in [4.69, 9.17) is 10.5 Å². The molecule has 2 aromatic rings. The van der Waals surface area contributed by atoms with Crippen molar-refractivity contribution in [1.29, 1.82) is 0 Å². The van der Waals surface area contributed by atoms with Crippen molar-refractivity contribution in [2.24, 2.45) is 5.73 Å². The van der Waals surface area contributed by atoms with Gasteiger partial charge in [0.25, 0.3) is 0 Å². The fourth-order valence-corrected chi connectivity index (χ4v) is 3.43. The summed E-state index contributed by atoms with van der Waals surface area (Å²) in [6, 6.07) is 13.0. The molecule has 0 bridgehead atoms. The molecule has 1 aliphatic heterocycles. The number of ether oxygens (including phenoxy) is 1. The van der Waals surface area contributed by atoms with Crippen LogP contribution in [0.3, 0.4) is 0 Å². The fourth-order valence-electron chi connectivity index (χ4n) is 2.88. The Morgan fingerprint density at radius 1 is 1.19 bits per heavy atom. The van der Waals surface area contributed by atoms with Crippen LogP contribution in [0, 0.1) is 6.92 Å². The number of hydrogen-bond acceptors (Lipinski definition) is 2. The quantitative estimate of drug-likeness (QED) is 0.914. The van der Waals surface area contributed by atoms with Gasteiger partial charge in [0, 0.05) is 16.9 Å². The summed E-state index contributed by atoms with van der Waals surface area (Å²) in [6.45, 7) is 2.89. The van der Waals surface area contributed by atoms with Crippen LogP contribution in [0.1, 0.15) is 22.3 Å². The van der Waals surface area contributed by atoms with E-state index < -0.39 is 0 Å². The van der Waals surface area contributed by atoms with E-state index in [-0.39, 0.29) is 6.04 Å². The predicted octanol–water partition coefficient (Wildman–Crippen LogP) is 3.80. The molecule has 3 rings (SSSR count). The van der Waals surface area contributed by atoms with Crippen molar-refractivity contribution in [1.82, 2.24) is 0 Å². The van der Waals surface area contributed by atoms with Gasteiger partial charge in [-0.2, -0.15) is 0 Å². The van der Waals surface area contributed by atoms with E-state index in [0.29, 0.717) is 0 Å². The molecule has 0 amide bonds. The van der Waals surface area contributed by atoms with Crippen molar-refractivity contribution in [2.45, 2.75) is 32.2 Å². The maximum atomic E-state index is 6.35. The highest BCUT2D eigenvalue weighted by Crippen LogP contribution is 2.33. The molecule has 21 heavy (non-hydrogen) atoms. The molecule has 110 valence electrons. The standard InChI is InChI=1S/C18H20BrNO/c1-12-2-4-13(5-3-12)8-17(20)11-15-10-16(19)9-14-6-7-21-18(14)15/h2-5,9-10,17H,6-8,11,20H2,1H3. The van der Waals surface area contributed by atoms with E-state index in [1.54, 1.807) is 0 Å². The molecule has 0 spiro atoms. The number of benzene rings is 2. The van der Waals surface area contributed by atoms with Crippen LogP contribution in [0.2, 0.25) is 0 Å². The fraction of sp³-hybridized carbons (Fsp3) is 0.333. The van der Waals surface area contributed by atoms with Crippen LogP contribution in [-0.4, -0.2) is 12.6 Å². The second-order valence-electron chi connectivity index (χ2n) is 5.81. The summed E-state index contributed by atoms with van der Waals surface area (Å²) in [5.74, 6) is 1.05. The maximum Gasteiger partial charge on any atom is 0.125 e. The molecule has 2 nitrogen and oxygen atoms in total. The number of rotatable bonds is 4. The molecule has 1 unspecified atom stereocenters. The van der Waals surface area contributed by atoms with Crippen LogP contribution >= 0.6 is 15.9 Å². The largest absolute Gasteiger partial charge is 0.493 e. The molecule has 1 heterocycles. The third-order valence-corrected chi connectivity index (χ3v) is 4.38. The van der Waals surface area contributed by atoms with Crippen LogP contribution in [0.4, 0.5) is 0 Å². The zero-order chi connectivity index (χ0) is 14.8. The van der Waals surface area contributed by atoms with E-state index in [1.165, 1.54) is 22.3 Å². The average molecular weight is 346 g/mol. The molecule has 0 fully saturated rings. The van der Waals surface area contributed by atoms with Gasteiger partial charge >= 0.3 is 0 Å². The summed E-state index contributed by atoms with van der Waals surface area (Å²) in [7, 11) is 0. The number of aryl methyl sites for hydroxylation is 1. The van der Waals surface area contributed by atoms with Crippen LogP contribution < -0.4 is 10.5 Å². The van der Waals surface area contributed by atoms with Gasteiger partial charge in [0.05, 0.1) is 6.61 Å². The maximum absolute atomic E-state index is 6.35. The lowest BCUT2D eigenvalue weighted by Gasteiger charge is -2.15. The topological polar surface area (TPSA) is 35.2 Å². The number of nitrogens with two attached hydrogens (primary N) is 1. The van der Waals surface area contributed by atoms with Gasteiger partial charge in [-0.3, -0.25) is 0 Å². The molecule has 2 N–H and O–H groups in total. The van der Waals surface area contributed by atoms with Gasteiger partial charge in [-0.05, 0) is 48.6 Å². The smallest absolute Gasteiger partial charge is 0.125 e. The first-order chi connectivity index (χ1) is 10.1. The summed E-state index contributed by atoms with van der Waals surface area (Å²) in [5, 5.41) is 0.